The van der Waals surface area contributed by atoms with Crippen LogP contribution in [0.1, 0.15) is 11.7 Å². The van der Waals surface area contributed by atoms with Gasteiger partial charge in [-0.15, -0.1) is 0 Å². The van der Waals surface area contributed by atoms with Crippen molar-refractivity contribution in [3.05, 3.63) is 54.9 Å². The van der Waals surface area contributed by atoms with E-state index in [0.717, 1.165) is 0 Å². The van der Waals surface area contributed by atoms with Gasteiger partial charge in [-0.1, -0.05) is 18.2 Å². The molecule has 3 rings (SSSR count). The number of carbonyl (C=O) groups is 1. The van der Waals surface area contributed by atoms with Crippen LogP contribution in [-0.4, -0.2) is 23.9 Å². The minimum absolute atomic E-state index is 0.0378. The number of rotatable bonds is 2. The van der Waals surface area contributed by atoms with Crippen molar-refractivity contribution in [3.63, 3.8) is 0 Å². The van der Waals surface area contributed by atoms with Crippen LogP contribution in [0.15, 0.2) is 64.8 Å². The van der Waals surface area contributed by atoms with Gasteiger partial charge in [-0.25, -0.2) is 8.42 Å². The molecule has 2 heterocycles. The number of nitrogens with zero attached hydrogens (tertiary/aromatic N) is 2. The summed E-state index contributed by atoms with van der Waals surface area (Å²) in [5, 5.41) is 0.575. The van der Waals surface area contributed by atoms with Crippen LogP contribution in [0.5, 0.6) is 0 Å². The average molecular weight is 300 g/mol. The van der Waals surface area contributed by atoms with Crippen molar-refractivity contribution in [1.29, 1.82) is 0 Å². The molecule has 0 bridgehead atoms. The average Bonchev–Trinajstić information content (AvgIpc) is 2.88. The van der Waals surface area contributed by atoms with Gasteiger partial charge in [0.15, 0.2) is 0 Å². The Hall–Kier alpha value is -2.47. The Labute approximate surface area is 121 Å². The first-order valence-corrected chi connectivity index (χ1v) is 7.76. The topological polar surface area (TPSA) is 69.0 Å². The van der Waals surface area contributed by atoms with Crippen LogP contribution < -0.4 is 0 Å². The number of fused-ring (bicyclic) bond motifs is 1. The zero-order valence-electron chi connectivity index (χ0n) is 11.2. The zero-order valence-corrected chi connectivity index (χ0v) is 12.0. The summed E-state index contributed by atoms with van der Waals surface area (Å²) in [5.41, 5.74) is 0.534. The van der Waals surface area contributed by atoms with Crippen LogP contribution in [0.3, 0.4) is 0 Å². The number of sulfone groups is 1. The molecule has 1 aromatic carbocycles. The summed E-state index contributed by atoms with van der Waals surface area (Å²) in [7, 11) is -3.76. The third-order valence-electron chi connectivity index (χ3n) is 3.21. The Bertz CT molecular complexity index is 928. The molecule has 5 nitrogen and oxygen atoms in total. The number of benzene rings is 1. The molecule has 0 aliphatic heterocycles. The molecule has 0 N–H and O–H groups in total. The second-order valence-electron chi connectivity index (χ2n) is 4.59. The maximum Gasteiger partial charge on any atom is 0.229 e. The lowest BCUT2D eigenvalue weighted by Crippen LogP contribution is -2.14. The van der Waals surface area contributed by atoms with Gasteiger partial charge in [0.05, 0.1) is 10.4 Å². The van der Waals surface area contributed by atoms with Gasteiger partial charge in [0, 0.05) is 24.7 Å². The second-order valence-corrected chi connectivity index (χ2v) is 6.48. The summed E-state index contributed by atoms with van der Waals surface area (Å²) in [4.78, 5) is 16.0. The SMILES string of the molecule is CC(=O)n1c(S(=O)(=O)c2ccccc2)cc2cnccc21. The normalized spacial score (nSPS) is 11.7. The van der Waals surface area contributed by atoms with E-state index in [2.05, 4.69) is 4.98 Å². The number of hydrogen-bond donors (Lipinski definition) is 0. The molecule has 0 saturated carbocycles. The smallest absolute Gasteiger partial charge is 0.229 e. The number of hydrogen-bond acceptors (Lipinski definition) is 4. The Morgan fingerprint density at radius 3 is 2.52 bits per heavy atom. The standard InChI is InChI=1S/C15H12N2O3S/c1-11(18)17-14-7-8-16-10-12(14)9-15(17)21(19,20)13-5-3-2-4-6-13/h2-10H,1H3. The van der Waals surface area contributed by atoms with Crippen molar-refractivity contribution >= 4 is 26.6 Å². The predicted molar refractivity (Wildman–Crippen MR) is 77.9 cm³/mol. The molecular weight excluding hydrogens is 288 g/mol. The second kappa shape index (κ2) is 4.82. The third kappa shape index (κ3) is 2.13. The molecule has 0 atom stereocenters. The van der Waals surface area contributed by atoms with E-state index in [0.29, 0.717) is 10.9 Å². The quantitative estimate of drug-likeness (QED) is 0.729. The fourth-order valence-corrected chi connectivity index (χ4v) is 3.78. The van der Waals surface area contributed by atoms with Crippen molar-refractivity contribution in [2.75, 3.05) is 0 Å². The van der Waals surface area contributed by atoms with E-state index in [1.807, 2.05) is 0 Å². The van der Waals surface area contributed by atoms with Gasteiger partial charge in [0.1, 0.15) is 5.03 Å². The number of carbonyl (C=O) groups excluding carboxylic acids is 1. The molecule has 106 valence electrons. The monoisotopic (exact) mass is 300 g/mol. The lowest BCUT2D eigenvalue weighted by molar-refractivity contribution is 0.0932. The summed E-state index contributed by atoms with van der Waals surface area (Å²) in [5.74, 6) is -0.356. The highest BCUT2D eigenvalue weighted by Gasteiger charge is 2.25. The molecule has 6 heteroatoms. The third-order valence-corrected chi connectivity index (χ3v) is 4.96. The molecule has 0 spiro atoms. The van der Waals surface area contributed by atoms with E-state index >= 15 is 0 Å². The van der Waals surface area contributed by atoms with Crippen LogP contribution in [0.4, 0.5) is 0 Å². The maximum atomic E-state index is 12.7. The molecule has 0 amide bonds. The summed E-state index contributed by atoms with van der Waals surface area (Å²) in [6.07, 6.45) is 3.07. The van der Waals surface area contributed by atoms with E-state index in [-0.39, 0.29) is 15.8 Å². The van der Waals surface area contributed by atoms with Crippen molar-refractivity contribution < 1.29 is 13.2 Å². The molecule has 21 heavy (non-hydrogen) atoms. The van der Waals surface area contributed by atoms with Gasteiger partial charge in [0.25, 0.3) is 0 Å². The van der Waals surface area contributed by atoms with E-state index in [1.165, 1.54) is 35.9 Å². The van der Waals surface area contributed by atoms with Crippen LogP contribution in [-0.2, 0) is 9.84 Å². The summed E-state index contributed by atoms with van der Waals surface area (Å²) in [6.45, 7) is 1.34. The zero-order chi connectivity index (χ0) is 15.0. The molecule has 0 saturated heterocycles. The van der Waals surface area contributed by atoms with Crippen molar-refractivity contribution in [2.24, 2.45) is 0 Å². The number of aromatic nitrogens is 2. The highest BCUT2D eigenvalue weighted by molar-refractivity contribution is 7.91. The van der Waals surface area contributed by atoms with Gasteiger partial charge in [-0.3, -0.25) is 14.3 Å². The highest BCUT2D eigenvalue weighted by Crippen LogP contribution is 2.27. The van der Waals surface area contributed by atoms with E-state index in [9.17, 15) is 13.2 Å². The Morgan fingerprint density at radius 1 is 1.14 bits per heavy atom. The van der Waals surface area contributed by atoms with Crippen molar-refractivity contribution in [2.45, 2.75) is 16.8 Å². The minimum Gasteiger partial charge on any atom is -0.274 e. The fourth-order valence-electron chi connectivity index (χ4n) is 2.27. The van der Waals surface area contributed by atoms with Crippen molar-refractivity contribution in [3.8, 4) is 0 Å². The van der Waals surface area contributed by atoms with E-state index < -0.39 is 9.84 Å². The molecular formula is C15H12N2O3S. The molecule has 0 radical (unpaired) electrons. The maximum absolute atomic E-state index is 12.7. The summed E-state index contributed by atoms with van der Waals surface area (Å²) in [6, 6.07) is 11.2. The van der Waals surface area contributed by atoms with Crippen molar-refractivity contribution in [1.82, 2.24) is 9.55 Å². The predicted octanol–water partition coefficient (Wildman–Crippen LogP) is 2.53. The fraction of sp³-hybridized carbons (Fsp3) is 0.0667. The van der Waals surface area contributed by atoms with Crippen LogP contribution >= 0.6 is 0 Å². The minimum atomic E-state index is -3.76. The van der Waals surface area contributed by atoms with Gasteiger partial charge in [-0.05, 0) is 24.3 Å². The van der Waals surface area contributed by atoms with Crippen LogP contribution in [0.25, 0.3) is 10.9 Å². The molecule has 0 fully saturated rings. The highest BCUT2D eigenvalue weighted by atomic mass is 32.2. The lowest BCUT2D eigenvalue weighted by Gasteiger charge is -2.07. The van der Waals surface area contributed by atoms with E-state index in [4.69, 9.17) is 0 Å². The molecule has 3 aromatic rings. The molecule has 0 unspecified atom stereocenters. The van der Waals surface area contributed by atoms with Gasteiger partial charge >= 0.3 is 0 Å². The largest absolute Gasteiger partial charge is 0.274 e. The first-order chi connectivity index (χ1) is 10.0. The Kier molecular flexibility index (Phi) is 3.10. The van der Waals surface area contributed by atoms with E-state index in [1.54, 1.807) is 30.5 Å². The first kappa shape index (κ1) is 13.5. The van der Waals surface area contributed by atoms with Crippen LogP contribution in [0.2, 0.25) is 0 Å². The molecule has 0 aliphatic rings. The Balaban J connectivity index is 2.35. The Morgan fingerprint density at radius 2 is 1.86 bits per heavy atom. The molecule has 0 aliphatic carbocycles. The van der Waals surface area contributed by atoms with Gasteiger partial charge in [-0.2, -0.15) is 0 Å². The number of pyridine rings is 1. The van der Waals surface area contributed by atoms with Gasteiger partial charge in [0.2, 0.25) is 15.7 Å². The lowest BCUT2D eigenvalue weighted by atomic mass is 10.3. The van der Waals surface area contributed by atoms with Gasteiger partial charge < -0.3 is 0 Å². The molecule has 2 aromatic heterocycles. The van der Waals surface area contributed by atoms with Crippen LogP contribution in [0, 0.1) is 0 Å². The first-order valence-electron chi connectivity index (χ1n) is 6.28. The summed E-state index contributed by atoms with van der Waals surface area (Å²) < 4.78 is 26.7. The summed E-state index contributed by atoms with van der Waals surface area (Å²) >= 11 is 0.